The molecule has 0 saturated heterocycles. The summed E-state index contributed by atoms with van der Waals surface area (Å²) in [5.74, 6) is -0.0855. The zero-order valence-electron chi connectivity index (χ0n) is 17.8. The SMILES string of the molecule is Cc1ccc(C)c(NC(=O)COc2c(Br)cc(/C=N/NC(=O)c3ccc(Br)cc3)cc2Br)c1. The molecule has 170 valence electrons. The Balaban J connectivity index is 1.59. The van der Waals surface area contributed by atoms with Crippen LogP contribution < -0.4 is 15.5 Å². The number of halogens is 3. The maximum atomic E-state index is 12.3. The van der Waals surface area contributed by atoms with Crippen molar-refractivity contribution in [3.8, 4) is 5.75 Å². The lowest BCUT2D eigenvalue weighted by molar-refractivity contribution is -0.118. The van der Waals surface area contributed by atoms with Crippen LogP contribution in [0.4, 0.5) is 5.69 Å². The highest BCUT2D eigenvalue weighted by molar-refractivity contribution is 9.11. The van der Waals surface area contributed by atoms with E-state index in [9.17, 15) is 9.59 Å². The summed E-state index contributed by atoms with van der Waals surface area (Å²) in [6.45, 7) is 3.75. The van der Waals surface area contributed by atoms with Gasteiger partial charge >= 0.3 is 0 Å². The van der Waals surface area contributed by atoms with Gasteiger partial charge in [0.05, 0.1) is 15.2 Å². The molecule has 0 aliphatic rings. The van der Waals surface area contributed by atoms with Crippen molar-refractivity contribution in [2.24, 2.45) is 5.10 Å². The van der Waals surface area contributed by atoms with Crippen molar-refractivity contribution >= 4 is 71.5 Å². The summed E-state index contributed by atoms with van der Waals surface area (Å²) in [5, 5.41) is 6.87. The van der Waals surface area contributed by atoms with E-state index in [2.05, 4.69) is 63.6 Å². The fourth-order valence-corrected chi connectivity index (χ4v) is 4.53. The summed E-state index contributed by atoms with van der Waals surface area (Å²) in [6, 6.07) is 16.4. The molecule has 0 saturated carbocycles. The molecule has 2 N–H and O–H groups in total. The second-order valence-electron chi connectivity index (χ2n) is 7.17. The molecule has 0 atom stereocenters. The molecular formula is C24H20Br3N3O3. The second-order valence-corrected chi connectivity index (χ2v) is 9.80. The number of amides is 2. The Morgan fingerprint density at radius 3 is 2.30 bits per heavy atom. The van der Waals surface area contributed by atoms with Crippen molar-refractivity contribution in [1.82, 2.24) is 5.43 Å². The van der Waals surface area contributed by atoms with Gasteiger partial charge in [0.15, 0.2) is 6.61 Å². The van der Waals surface area contributed by atoms with Gasteiger partial charge in [-0.15, -0.1) is 0 Å². The number of hydrogen-bond acceptors (Lipinski definition) is 4. The number of nitrogens with one attached hydrogen (secondary N) is 2. The zero-order valence-corrected chi connectivity index (χ0v) is 22.5. The van der Waals surface area contributed by atoms with E-state index < -0.39 is 0 Å². The molecule has 6 nitrogen and oxygen atoms in total. The van der Waals surface area contributed by atoms with Gasteiger partial charge in [-0.25, -0.2) is 5.43 Å². The topological polar surface area (TPSA) is 79.8 Å². The van der Waals surface area contributed by atoms with Crippen LogP contribution >= 0.6 is 47.8 Å². The van der Waals surface area contributed by atoms with Gasteiger partial charge in [-0.3, -0.25) is 9.59 Å². The van der Waals surface area contributed by atoms with Crippen LogP contribution in [0.25, 0.3) is 0 Å². The van der Waals surface area contributed by atoms with Crippen molar-refractivity contribution in [3.63, 3.8) is 0 Å². The van der Waals surface area contributed by atoms with E-state index in [1.807, 2.05) is 32.0 Å². The monoisotopic (exact) mass is 635 g/mol. The Bertz CT molecular complexity index is 1190. The third kappa shape index (κ3) is 7.25. The van der Waals surface area contributed by atoms with E-state index in [-0.39, 0.29) is 18.4 Å². The zero-order chi connectivity index (χ0) is 24.0. The van der Waals surface area contributed by atoms with E-state index in [4.69, 9.17) is 4.74 Å². The van der Waals surface area contributed by atoms with E-state index in [0.717, 1.165) is 26.9 Å². The minimum Gasteiger partial charge on any atom is -0.481 e. The fraction of sp³-hybridized carbons (Fsp3) is 0.125. The average molecular weight is 638 g/mol. The first kappa shape index (κ1) is 25.1. The molecule has 9 heteroatoms. The number of aryl methyl sites for hydroxylation is 2. The fourth-order valence-electron chi connectivity index (χ4n) is 2.82. The maximum Gasteiger partial charge on any atom is 0.271 e. The summed E-state index contributed by atoms with van der Waals surface area (Å²) >= 11 is 10.3. The summed E-state index contributed by atoms with van der Waals surface area (Å²) < 4.78 is 7.88. The van der Waals surface area contributed by atoms with Crippen LogP contribution in [0, 0.1) is 13.8 Å². The van der Waals surface area contributed by atoms with Crippen molar-refractivity contribution in [2.45, 2.75) is 13.8 Å². The van der Waals surface area contributed by atoms with Crippen LogP contribution in [0.5, 0.6) is 5.75 Å². The Morgan fingerprint density at radius 2 is 1.64 bits per heavy atom. The predicted molar refractivity (Wildman–Crippen MR) is 141 cm³/mol. The molecule has 3 rings (SSSR count). The van der Waals surface area contributed by atoms with E-state index in [1.165, 1.54) is 6.21 Å². The van der Waals surface area contributed by atoms with Crippen molar-refractivity contribution in [1.29, 1.82) is 0 Å². The first-order valence-corrected chi connectivity index (χ1v) is 12.2. The number of carbonyl (C=O) groups excluding carboxylic acids is 2. The molecule has 0 aromatic heterocycles. The highest BCUT2D eigenvalue weighted by atomic mass is 79.9. The summed E-state index contributed by atoms with van der Waals surface area (Å²) in [7, 11) is 0. The molecule has 3 aromatic rings. The molecule has 0 aliphatic carbocycles. The molecule has 3 aromatic carbocycles. The van der Waals surface area contributed by atoms with E-state index in [1.54, 1.807) is 36.4 Å². The van der Waals surface area contributed by atoms with E-state index in [0.29, 0.717) is 20.3 Å². The standard InChI is InChI=1S/C24H20Br3N3O3/c1-14-3-4-15(2)21(9-14)29-22(31)13-33-23-19(26)10-16(11-20(23)27)12-28-30-24(32)17-5-7-18(25)8-6-17/h3-12H,13H2,1-2H3,(H,29,31)(H,30,32)/b28-12+. The number of rotatable bonds is 7. The van der Waals surface area contributed by atoms with Gasteiger partial charge in [0.1, 0.15) is 5.75 Å². The lowest BCUT2D eigenvalue weighted by Gasteiger charge is -2.13. The van der Waals surface area contributed by atoms with Gasteiger partial charge in [0, 0.05) is 15.7 Å². The molecule has 0 bridgehead atoms. The number of carbonyl (C=O) groups is 2. The molecule has 0 unspecified atom stereocenters. The van der Waals surface area contributed by atoms with Crippen LogP contribution in [0.2, 0.25) is 0 Å². The van der Waals surface area contributed by atoms with Crippen LogP contribution in [0.3, 0.4) is 0 Å². The molecule has 0 spiro atoms. The minimum absolute atomic E-state index is 0.152. The Labute approximate surface area is 217 Å². The second kappa shape index (κ2) is 11.6. The number of benzene rings is 3. The van der Waals surface area contributed by atoms with Gasteiger partial charge in [-0.05, 0) is 105 Å². The van der Waals surface area contributed by atoms with Crippen molar-refractivity contribution in [2.75, 3.05) is 11.9 Å². The van der Waals surface area contributed by atoms with Crippen LogP contribution in [-0.4, -0.2) is 24.6 Å². The Morgan fingerprint density at radius 1 is 0.970 bits per heavy atom. The molecule has 0 radical (unpaired) electrons. The number of hydrogen-bond donors (Lipinski definition) is 2. The summed E-state index contributed by atoms with van der Waals surface area (Å²) in [4.78, 5) is 24.5. The lowest BCUT2D eigenvalue weighted by Crippen LogP contribution is -2.21. The van der Waals surface area contributed by atoms with Gasteiger partial charge in [0.25, 0.3) is 11.8 Å². The van der Waals surface area contributed by atoms with Crippen LogP contribution in [0.15, 0.2) is 73.1 Å². The summed E-state index contributed by atoms with van der Waals surface area (Å²) in [5.41, 5.74) is 6.52. The highest BCUT2D eigenvalue weighted by Crippen LogP contribution is 2.34. The Hall–Kier alpha value is -2.49. The number of anilines is 1. The third-order valence-electron chi connectivity index (χ3n) is 4.52. The minimum atomic E-state index is -0.313. The average Bonchev–Trinajstić information content (AvgIpc) is 2.76. The van der Waals surface area contributed by atoms with Crippen LogP contribution in [-0.2, 0) is 4.79 Å². The molecular weight excluding hydrogens is 618 g/mol. The molecule has 0 fully saturated rings. The maximum absolute atomic E-state index is 12.3. The smallest absolute Gasteiger partial charge is 0.271 e. The Kier molecular flexibility index (Phi) is 8.82. The number of nitrogens with zero attached hydrogens (tertiary/aromatic N) is 1. The summed E-state index contributed by atoms with van der Waals surface area (Å²) in [6.07, 6.45) is 1.52. The van der Waals surface area contributed by atoms with Crippen molar-refractivity contribution < 1.29 is 14.3 Å². The predicted octanol–water partition coefficient (Wildman–Crippen LogP) is 6.37. The molecule has 2 amide bonds. The quantitative estimate of drug-likeness (QED) is 0.233. The molecule has 0 aliphatic heterocycles. The van der Waals surface area contributed by atoms with Gasteiger partial charge < -0.3 is 10.1 Å². The lowest BCUT2D eigenvalue weighted by atomic mass is 10.1. The third-order valence-corrected chi connectivity index (χ3v) is 6.23. The van der Waals surface area contributed by atoms with Gasteiger partial charge in [-0.1, -0.05) is 28.1 Å². The first-order chi connectivity index (χ1) is 15.7. The van der Waals surface area contributed by atoms with Crippen LogP contribution in [0.1, 0.15) is 27.0 Å². The number of ether oxygens (including phenoxy) is 1. The van der Waals surface area contributed by atoms with Gasteiger partial charge in [-0.2, -0.15) is 5.10 Å². The van der Waals surface area contributed by atoms with E-state index >= 15 is 0 Å². The normalized spacial score (nSPS) is 10.8. The van der Waals surface area contributed by atoms with Crippen molar-refractivity contribution in [3.05, 3.63) is 90.3 Å². The first-order valence-electron chi connectivity index (χ1n) is 9.81. The largest absolute Gasteiger partial charge is 0.481 e. The molecule has 0 heterocycles. The van der Waals surface area contributed by atoms with Gasteiger partial charge in [0.2, 0.25) is 0 Å². The molecule has 33 heavy (non-hydrogen) atoms. The highest BCUT2D eigenvalue weighted by Gasteiger charge is 2.12. The number of hydrazone groups is 1.